The van der Waals surface area contributed by atoms with Gasteiger partial charge >= 0.3 is 0 Å². The number of nitrogens with zero attached hydrogens (tertiary/aromatic N) is 1. The van der Waals surface area contributed by atoms with Gasteiger partial charge in [-0.15, -0.1) is 0 Å². The van der Waals surface area contributed by atoms with E-state index in [0.717, 1.165) is 25.9 Å². The molecule has 1 saturated heterocycles. The normalized spacial score (nSPS) is 19.0. The molecule has 27 heavy (non-hydrogen) atoms. The van der Waals surface area contributed by atoms with E-state index >= 15 is 0 Å². The molecule has 0 radical (unpaired) electrons. The first kappa shape index (κ1) is 25.4. The number of hydrogen-bond acceptors (Lipinski definition) is 7. The Labute approximate surface area is 165 Å². The van der Waals surface area contributed by atoms with Gasteiger partial charge in [0.1, 0.15) is 6.23 Å². The number of nitrogens with one attached hydrogen (secondary N) is 2. The third kappa shape index (κ3) is 7.12. The number of aryl methyl sites for hydroxylation is 1. The number of ether oxygens (including phenoxy) is 1. The van der Waals surface area contributed by atoms with Crippen LogP contribution in [-0.4, -0.2) is 25.1 Å². The van der Waals surface area contributed by atoms with Crippen molar-refractivity contribution in [1.29, 1.82) is 0 Å². The first-order chi connectivity index (χ1) is 13.0. The molecule has 0 saturated carbocycles. The van der Waals surface area contributed by atoms with Crippen molar-refractivity contribution in [2.45, 2.75) is 59.3 Å². The molecule has 156 valence electrons. The van der Waals surface area contributed by atoms with E-state index in [1.54, 1.807) is 13.2 Å². The summed E-state index contributed by atoms with van der Waals surface area (Å²) in [6, 6.07) is 6.50. The van der Waals surface area contributed by atoms with Gasteiger partial charge in [0.15, 0.2) is 0 Å². The summed E-state index contributed by atoms with van der Waals surface area (Å²) in [5, 5.41) is 4.76. The third-order valence-electron chi connectivity index (χ3n) is 4.21. The van der Waals surface area contributed by atoms with Gasteiger partial charge in [-0.3, -0.25) is 5.84 Å². The summed E-state index contributed by atoms with van der Waals surface area (Å²) in [5.74, 6) is 10.7. The summed E-state index contributed by atoms with van der Waals surface area (Å²) in [6.07, 6.45) is 4.80. The summed E-state index contributed by atoms with van der Waals surface area (Å²) in [5.41, 5.74) is 11.4. The van der Waals surface area contributed by atoms with Crippen molar-refractivity contribution in [3.63, 3.8) is 0 Å². The minimum atomic E-state index is -0.163. The second-order valence-corrected chi connectivity index (χ2v) is 6.01. The van der Waals surface area contributed by atoms with Gasteiger partial charge in [0, 0.05) is 25.0 Å². The van der Waals surface area contributed by atoms with E-state index in [2.05, 4.69) is 35.9 Å². The van der Waals surface area contributed by atoms with Crippen molar-refractivity contribution in [1.82, 2.24) is 15.8 Å². The maximum absolute atomic E-state index is 6.19. The summed E-state index contributed by atoms with van der Waals surface area (Å²) in [4.78, 5) is 0. The summed E-state index contributed by atoms with van der Waals surface area (Å²) in [7, 11) is 1.70. The highest BCUT2D eigenvalue weighted by Gasteiger charge is 2.45. The van der Waals surface area contributed by atoms with Gasteiger partial charge in [0.05, 0.1) is 5.60 Å². The maximum Gasteiger partial charge on any atom is 0.147 e. The lowest BCUT2D eigenvalue weighted by atomic mass is 9.83. The molecular formula is C20H40N6O. The molecule has 1 spiro atoms. The molecule has 1 unspecified atom stereocenters. The topological polar surface area (TPSA) is 115 Å². The molecule has 0 bridgehead atoms. The first-order valence-electron chi connectivity index (χ1n) is 9.84. The molecule has 7 nitrogen and oxygen atoms in total. The van der Waals surface area contributed by atoms with Crippen LogP contribution in [0.4, 0.5) is 0 Å². The molecule has 2 aliphatic rings. The van der Waals surface area contributed by atoms with Crippen molar-refractivity contribution in [2.24, 2.45) is 17.4 Å². The van der Waals surface area contributed by atoms with Gasteiger partial charge in [-0.2, -0.15) is 0 Å². The highest BCUT2D eigenvalue weighted by atomic mass is 16.5. The van der Waals surface area contributed by atoms with Gasteiger partial charge in [-0.25, -0.2) is 11.3 Å². The Kier molecular flexibility index (Phi) is 12.7. The van der Waals surface area contributed by atoms with Crippen LogP contribution in [0, 0.1) is 6.92 Å². The average Bonchev–Trinajstić information content (AvgIpc) is 2.98. The SMILES string of the molecule is CC.CC.CN(N)/C=C\N.Cc1ccc2c(c1)C1(CCNCC1)OC2NN. The van der Waals surface area contributed by atoms with Gasteiger partial charge < -0.3 is 20.8 Å². The molecule has 0 aromatic heterocycles. The lowest BCUT2D eigenvalue weighted by Crippen LogP contribution is -2.41. The number of fused-ring (bicyclic) bond motifs is 2. The molecule has 3 rings (SSSR count). The molecule has 7 heteroatoms. The van der Waals surface area contributed by atoms with Crippen LogP contribution in [0.1, 0.15) is 63.5 Å². The van der Waals surface area contributed by atoms with E-state index in [9.17, 15) is 0 Å². The lowest BCUT2D eigenvalue weighted by Gasteiger charge is -2.34. The predicted octanol–water partition coefficient (Wildman–Crippen LogP) is 2.34. The number of hydrazine groups is 2. The highest BCUT2D eigenvalue weighted by molar-refractivity contribution is 5.41. The maximum atomic E-state index is 6.19. The summed E-state index contributed by atoms with van der Waals surface area (Å²) >= 11 is 0. The van der Waals surface area contributed by atoms with Crippen LogP contribution in [0.3, 0.4) is 0 Å². The van der Waals surface area contributed by atoms with Crippen molar-refractivity contribution in [2.75, 3.05) is 20.1 Å². The van der Waals surface area contributed by atoms with Crippen LogP contribution < -0.4 is 28.2 Å². The number of nitrogens with two attached hydrogens (primary N) is 3. The second kappa shape index (κ2) is 13.5. The van der Waals surface area contributed by atoms with Crippen LogP contribution in [-0.2, 0) is 10.3 Å². The van der Waals surface area contributed by atoms with Crippen molar-refractivity contribution in [3.8, 4) is 0 Å². The van der Waals surface area contributed by atoms with Crippen molar-refractivity contribution >= 4 is 0 Å². The fourth-order valence-corrected chi connectivity index (χ4v) is 3.12. The van der Waals surface area contributed by atoms with Crippen LogP contribution in [0.15, 0.2) is 30.6 Å². The standard InChI is InChI=1S/C13H19N3O.C3H9N3.2C2H6/c1-9-2-3-10-11(8-9)13(17-12(10)16-14)4-6-15-7-5-13;1-6(5)3-2-4;2*1-2/h2-3,8,12,15-16H,4-7,14H2,1H3;2-3H,4-5H2,1H3;2*1-2H3/b;3-2-;;. The smallest absolute Gasteiger partial charge is 0.147 e. The quantitative estimate of drug-likeness (QED) is 0.395. The molecule has 1 aromatic rings. The minimum absolute atomic E-state index is 0.135. The van der Waals surface area contributed by atoms with E-state index in [1.165, 1.54) is 27.9 Å². The van der Waals surface area contributed by atoms with Crippen molar-refractivity contribution < 1.29 is 4.74 Å². The zero-order chi connectivity index (χ0) is 20.9. The summed E-state index contributed by atoms with van der Waals surface area (Å²) < 4.78 is 6.19. The van der Waals surface area contributed by atoms with Crippen LogP contribution in [0.25, 0.3) is 0 Å². The Morgan fingerprint density at radius 1 is 1.22 bits per heavy atom. The van der Waals surface area contributed by atoms with Gasteiger partial charge in [0.2, 0.25) is 0 Å². The molecule has 1 aromatic carbocycles. The molecule has 2 heterocycles. The van der Waals surface area contributed by atoms with Gasteiger partial charge in [-0.1, -0.05) is 51.5 Å². The Bertz CT molecular complexity index is 541. The number of rotatable bonds is 2. The summed E-state index contributed by atoms with van der Waals surface area (Å²) in [6.45, 7) is 12.1. The molecule has 1 fully saturated rings. The number of benzene rings is 1. The minimum Gasteiger partial charge on any atom is -0.403 e. The Morgan fingerprint density at radius 3 is 2.26 bits per heavy atom. The number of hydrogen-bond donors (Lipinski definition) is 5. The first-order valence-corrected chi connectivity index (χ1v) is 9.84. The van der Waals surface area contributed by atoms with Crippen LogP contribution in [0.2, 0.25) is 0 Å². The van der Waals surface area contributed by atoms with E-state index < -0.39 is 0 Å². The molecule has 1 atom stereocenters. The molecule has 2 aliphatic heterocycles. The Balaban J connectivity index is 0.000000577. The lowest BCUT2D eigenvalue weighted by molar-refractivity contribution is -0.106. The predicted molar refractivity (Wildman–Crippen MR) is 114 cm³/mol. The second-order valence-electron chi connectivity index (χ2n) is 6.01. The van der Waals surface area contributed by atoms with E-state index in [1.807, 2.05) is 27.7 Å². The monoisotopic (exact) mass is 380 g/mol. The Hall–Kier alpha value is -1.64. The van der Waals surface area contributed by atoms with Crippen molar-refractivity contribution in [3.05, 3.63) is 47.3 Å². The molecule has 8 N–H and O–H groups in total. The highest BCUT2D eigenvalue weighted by Crippen LogP contribution is 2.47. The van der Waals surface area contributed by atoms with Crippen LogP contribution >= 0.6 is 0 Å². The third-order valence-corrected chi connectivity index (χ3v) is 4.21. The van der Waals surface area contributed by atoms with E-state index in [4.69, 9.17) is 22.2 Å². The fourth-order valence-electron chi connectivity index (χ4n) is 3.12. The largest absolute Gasteiger partial charge is 0.403 e. The molecule has 0 amide bonds. The fraction of sp³-hybridized carbons (Fsp3) is 0.600. The number of piperidine rings is 1. The molecule has 0 aliphatic carbocycles. The van der Waals surface area contributed by atoms with Crippen LogP contribution in [0.5, 0.6) is 0 Å². The van der Waals surface area contributed by atoms with E-state index in [0.29, 0.717) is 0 Å². The zero-order valence-electron chi connectivity index (χ0n) is 17.9. The average molecular weight is 381 g/mol. The van der Waals surface area contributed by atoms with Gasteiger partial charge in [0.25, 0.3) is 0 Å². The Morgan fingerprint density at radius 2 is 1.81 bits per heavy atom. The molecular weight excluding hydrogens is 340 g/mol. The zero-order valence-corrected chi connectivity index (χ0v) is 17.9. The van der Waals surface area contributed by atoms with E-state index in [-0.39, 0.29) is 11.8 Å². The van der Waals surface area contributed by atoms with Gasteiger partial charge in [-0.05, 0) is 38.4 Å².